The van der Waals surface area contributed by atoms with Crippen molar-refractivity contribution in [1.29, 1.82) is 0 Å². The summed E-state index contributed by atoms with van der Waals surface area (Å²) in [6, 6.07) is -0.0588. The number of sulfonamides is 1. The van der Waals surface area contributed by atoms with Crippen LogP contribution in [0.5, 0.6) is 0 Å². The number of piperidine rings is 1. The Hall–Kier alpha value is -0.920. The molecule has 1 aromatic rings. The van der Waals surface area contributed by atoms with E-state index in [2.05, 4.69) is 9.97 Å². The molecule has 2 rings (SSSR count). The number of nitrogens with zero attached hydrogens (tertiary/aromatic N) is 2. The molecule has 6 nitrogen and oxygen atoms in total. The van der Waals surface area contributed by atoms with Gasteiger partial charge in [0.2, 0.25) is 0 Å². The molecule has 0 radical (unpaired) electrons. The molecule has 1 aromatic heterocycles. The predicted octanol–water partition coefficient (Wildman–Crippen LogP) is -0.479. The first-order valence-corrected chi connectivity index (χ1v) is 6.29. The van der Waals surface area contributed by atoms with E-state index < -0.39 is 10.0 Å². The molecule has 1 saturated heterocycles. The molecule has 0 saturated carbocycles. The average molecular weight is 230 g/mol. The Morgan fingerprint density at radius 3 is 3.00 bits per heavy atom. The molecule has 84 valence electrons. The van der Waals surface area contributed by atoms with Gasteiger partial charge in [0, 0.05) is 19.1 Å². The molecule has 1 aliphatic rings. The lowest BCUT2D eigenvalue weighted by Gasteiger charge is -2.29. The van der Waals surface area contributed by atoms with Gasteiger partial charge in [-0.25, -0.2) is 13.4 Å². The second kappa shape index (κ2) is 3.92. The van der Waals surface area contributed by atoms with E-state index >= 15 is 0 Å². The maximum Gasteiger partial charge on any atom is 0.260 e. The second-order valence-electron chi connectivity index (χ2n) is 3.68. The van der Waals surface area contributed by atoms with E-state index in [1.807, 2.05) is 0 Å². The van der Waals surface area contributed by atoms with Crippen LogP contribution < -0.4 is 5.73 Å². The number of imidazole rings is 1. The highest BCUT2D eigenvalue weighted by Gasteiger charge is 2.29. The number of hydrogen-bond acceptors (Lipinski definition) is 4. The molecule has 7 heteroatoms. The molecule has 1 fully saturated rings. The van der Waals surface area contributed by atoms with Crippen LogP contribution in [0.4, 0.5) is 0 Å². The van der Waals surface area contributed by atoms with Crippen LogP contribution in [-0.4, -0.2) is 41.8 Å². The molecule has 2 heterocycles. The van der Waals surface area contributed by atoms with Gasteiger partial charge in [-0.3, -0.25) is 0 Å². The molecule has 15 heavy (non-hydrogen) atoms. The Kier molecular flexibility index (Phi) is 2.76. The second-order valence-corrected chi connectivity index (χ2v) is 5.59. The van der Waals surface area contributed by atoms with Crippen LogP contribution in [0.15, 0.2) is 17.6 Å². The number of H-pyrrole nitrogens is 1. The molecule has 0 amide bonds. The normalized spacial score (nSPS) is 24.2. The maximum atomic E-state index is 12.0. The van der Waals surface area contributed by atoms with Crippen molar-refractivity contribution in [3.05, 3.63) is 12.5 Å². The Bertz CT molecular complexity index is 414. The van der Waals surface area contributed by atoms with E-state index in [1.54, 1.807) is 0 Å². The van der Waals surface area contributed by atoms with E-state index in [9.17, 15) is 8.42 Å². The van der Waals surface area contributed by atoms with Crippen LogP contribution in [0.2, 0.25) is 0 Å². The molecule has 1 atom stereocenters. The summed E-state index contributed by atoms with van der Waals surface area (Å²) in [6.45, 7) is 0.927. The predicted molar refractivity (Wildman–Crippen MR) is 54.6 cm³/mol. The minimum atomic E-state index is -3.42. The van der Waals surface area contributed by atoms with E-state index in [0.717, 1.165) is 12.8 Å². The highest BCUT2D eigenvalue weighted by atomic mass is 32.2. The smallest absolute Gasteiger partial charge is 0.260 e. The SMILES string of the molecule is N[C@@H]1CCCN(S(=O)(=O)c2cnc[nH]2)C1. The largest absolute Gasteiger partial charge is 0.335 e. The Labute approximate surface area is 88.5 Å². The van der Waals surface area contributed by atoms with Crippen molar-refractivity contribution in [2.75, 3.05) is 13.1 Å². The summed E-state index contributed by atoms with van der Waals surface area (Å²) in [4.78, 5) is 6.32. The fourth-order valence-corrected chi connectivity index (χ4v) is 3.15. The first-order valence-electron chi connectivity index (χ1n) is 4.85. The monoisotopic (exact) mass is 230 g/mol. The third kappa shape index (κ3) is 2.04. The van der Waals surface area contributed by atoms with E-state index in [1.165, 1.54) is 16.8 Å². The molecule has 0 aliphatic carbocycles. The van der Waals surface area contributed by atoms with E-state index in [0.29, 0.717) is 13.1 Å². The van der Waals surface area contributed by atoms with Gasteiger partial charge < -0.3 is 10.7 Å². The zero-order valence-corrected chi connectivity index (χ0v) is 9.07. The standard InChI is InChI=1S/C8H14N4O2S/c9-7-2-1-3-12(5-7)15(13,14)8-4-10-6-11-8/h4,6-7H,1-3,5,9H2,(H,10,11)/t7-/m1/s1. The summed E-state index contributed by atoms with van der Waals surface area (Å²) in [7, 11) is -3.42. The molecule has 0 aromatic carbocycles. The number of nitrogens with two attached hydrogens (primary N) is 1. The zero-order valence-electron chi connectivity index (χ0n) is 8.26. The summed E-state index contributed by atoms with van der Waals surface area (Å²) in [5.41, 5.74) is 5.74. The van der Waals surface area contributed by atoms with Crippen molar-refractivity contribution >= 4 is 10.0 Å². The number of aromatic amines is 1. The number of hydrogen-bond donors (Lipinski definition) is 2. The van der Waals surface area contributed by atoms with Gasteiger partial charge in [0.1, 0.15) is 0 Å². The van der Waals surface area contributed by atoms with Gasteiger partial charge in [0.05, 0.1) is 12.5 Å². The Balaban J connectivity index is 2.22. The quantitative estimate of drug-likeness (QED) is 0.718. The fraction of sp³-hybridized carbons (Fsp3) is 0.625. The number of aromatic nitrogens is 2. The van der Waals surface area contributed by atoms with Crippen molar-refractivity contribution in [1.82, 2.24) is 14.3 Å². The Morgan fingerprint density at radius 2 is 2.40 bits per heavy atom. The topological polar surface area (TPSA) is 92.1 Å². The molecule has 3 N–H and O–H groups in total. The fourth-order valence-electron chi connectivity index (χ4n) is 1.72. The van der Waals surface area contributed by atoms with Gasteiger partial charge in [-0.15, -0.1) is 0 Å². The summed E-state index contributed by atoms with van der Waals surface area (Å²) < 4.78 is 25.4. The molecular weight excluding hydrogens is 216 g/mol. The lowest BCUT2D eigenvalue weighted by atomic mass is 10.1. The summed E-state index contributed by atoms with van der Waals surface area (Å²) in [5, 5.41) is 0.136. The van der Waals surface area contributed by atoms with E-state index in [4.69, 9.17) is 5.73 Å². The van der Waals surface area contributed by atoms with Crippen LogP contribution in [0.25, 0.3) is 0 Å². The first-order chi connectivity index (χ1) is 7.10. The van der Waals surface area contributed by atoms with Gasteiger partial charge in [-0.1, -0.05) is 0 Å². The highest BCUT2D eigenvalue weighted by molar-refractivity contribution is 7.89. The van der Waals surface area contributed by atoms with Crippen molar-refractivity contribution in [3.8, 4) is 0 Å². The molecule has 0 bridgehead atoms. The summed E-state index contributed by atoms with van der Waals surface area (Å²) >= 11 is 0. The molecule has 1 aliphatic heterocycles. The number of nitrogens with one attached hydrogen (secondary N) is 1. The first kappa shape index (κ1) is 10.6. The third-order valence-corrected chi connectivity index (χ3v) is 4.30. The van der Waals surface area contributed by atoms with Crippen LogP contribution in [0.1, 0.15) is 12.8 Å². The summed E-state index contributed by atoms with van der Waals surface area (Å²) in [6.07, 6.45) is 4.37. The third-order valence-electron chi connectivity index (χ3n) is 2.51. The zero-order chi connectivity index (χ0) is 10.9. The van der Waals surface area contributed by atoms with Crippen molar-refractivity contribution in [3.63, 3.8) is 0 Å². The van der Waals surface area contributed by atoms with Gasteiger partial charge in [0.25, 0.3) is 10.0 Å². The van der Waals surface area contributed by atoms with Gasteiger partial charge in [-0.05, 0) is 12.8 Å². The molecular formula is C8H14N4O2S. The van der Waals surface area contributed by atoms with Gasteiger partial charge in [-0.2, -0.15) is 4.31 Å². The van der Waals surface area contributed by atoms with Crippen LogP contribution in [-0.2, 0) is 10.0 Å². The van der Waals surface area contributed by atoms with Crippen LogP contribution in [0.3, 0.4) is 0 Å². The van der Waals surface area contributed by atoms with Gasteiger partial charge >= 0.3 is 0 Å². The Morgan fingerprint density at radius 1 is 1.60 bits per heavy atom. The molecule has 0 spiro atoms. The summed E-state index contributed by atoms with van der Waals surface area (Å²) in [5.74, 6) is 0. The lowest BCUT2D eigenvalue weighted by Crippen LogP contribution is -2.45. The maximum absolute atomic E-state index is 12.0. The van der Waals surface area contributed by atoms with Crippen molar-refractivity contribution in [2.45, 2.75) is 23.9 Å². The van der Waals surface area contributed by atoms with Gasteiger partial charge in [0.15, 0.2) is 5.03 Å². The lowest BCUT2D eigenvalue weighted by molar-refractivity contribution is 0.315. The average Bonchev–Trinajstić information content (AvgIpc) is 2.71. The van der Waals surface area contributed by atoms with Crippen molar-refractivity contribution in [2.24, 2.45) is 5.73 Å². The minimum Gasteiger partial charge on any atom is -0.335 e. The highest BCUT2D eigenvalue weighted by Crippen LogP contribution is 2.17. The van der Waals surface area contributed by atoms with E-state index in [-0.39, 0.29) is 11.1 Å². The van der Waals surface area contributed by atoms with Crippen LogP contribution >= 0.6 is 0 Å². The number of rotatable bonds is 2. The molecule has 0 unspecified atom stereocenters. The van der Waals surface area contributed by atoms with Crippen molar-refractivity contribution < 1.29 is 8.42 Å². The minimum absolute atomic E-state index is 0.0588. The van der Waals surface area contributed by atoms with Crippen LogP contribution in [0, 0.1) is 0 Å².